The Bertz CT molecular complexity index is 1340. The number of aliphatic imine (C=N–C) groups is 1. The Morgan fingerprint density at radius 1 is 1.06 bits per heavy atom. The van der Waals surface area contributed by atoms with Crippen molar-refractivity contribution in [1.82, 2.24) is 5.32 Å². The number of benzene rings is 3. The first kappa shape index (κ1) is 26.1. The van der Waals surface area contributed by atoms with E-state index < -0.39 is 0 Å². The summed E-state index contributed by atoms with van der Waals surface area (Å²) in [5.41, 5.74) is 2.21. The van der Waals surface area contributed by atoms with Gasteiger partial charge in [-0.15, -0.1) is 0 Å². The lowest BCUT2D eigenvalue weighted by molar-refractivity contribution is -0.115. The largest absolute Gasteiger partial charge is 0.487 e. The van der Waals surface area contributed by atoms with Crippen LogP contribution >= 0.6 is 96.7 Å². The van der Waals surface area contributed by atoms with Crippen molar-refractivity contribution < 1.29 is 9.53 Å². The van der Waals surface area contributed by atoms with E-state index in [1.807, 2.05) is 18.2 Å². The van der Waals surface area contributed by atoms with Crippen molar-refractivity contribution >= 4 is 120 Å². The number of amidine groups is 1. The van der Waals surface area contributed by atoms with Gasteiger partial charge in [-0.2, -0.15) is 0 Å². The summed E-state index contributed by atoms with van der Waals surface area (Å²) in [7, 11) is 0. The summed E-state index contributed by atoms with van der Waals surface area (Å²) in [6.07, 6.45) is 1.79. The van der Waals surface area contributed by atoms with E-state index in [4.69, 9.17) is 51.1 Å². The molecule has 4 nitrogen and oxygen atoms in total. The maximum atomic E-state index is 12.5. The van der Waals surface area contributed by atoms with Gasteiger partial charge in [0.2, 0.25) is 0 Å². The highest BCUT2D eigenvalue weighted by Crippen LogP contribution is 2.37. The summed E-state index contributed by atoms with van der Waals surface area (Å²) in [5, 5.41) is 4.88. The summed E-state index contributed by atoms with van der Waals surface area (Å²) in [6.45, 7) is 0.329. The maximum absolute atomic E-state index is 12.5. The summed E-state index contributed by atoms with van der Waals surface area (Å²) in [4.78, 5) is 17.4. The number of nitrogens with zero attached hydrogens (tertiary/aromatic N) is 1. The topological polar surface area (TPSA) is 50.7 Å². The molecule has 1 aliphatic heterocycles. The molecule has 4 rings (SSSR count). The molecule has 1 heterocycles. The molecule has 174 valence electrons. The number of hydrogen-bond donors (Lipinski definition) is 1. The SMILES string of the molecule is O=C1NC(=Nc2cccc(Cl)c2Cl)S/C1=C\c1cc(Br)c(OCc2ccc(Cl)c(Cl)c2)c(I)c1. The Kier molecular flexibility index (Phi) is 8.77. The van der Waals surface area contributed by atoms with Crippen LogP contribution in [0.3, 0.4) is 0 Å². The highest BCUT2D eigenvalue weighted by molar-refractivity contribution is 14.1. The Hall–Kier alpha value is -0.940. The van der Waals surface area contributed by atoms with Gasteiger partial charge in [-0.3, -0.25) is 4.79 Å². The monoisotopic (exact) mass is 726 g/mol. The van der Waals surface area contributed by atoms with Crippen molar-refractivity contribution in [1.29, 1.82) is 0 Å². The van der Waals surface area contributed by atoms with Gasteiger partial charge in [0.25, 0.3) is 5.91 Å². The first-order chi connectivity index (χ1) is 16.2. The summed E-state index contributed by atoms with van der Waals surface area (Å²) < 4.78 is 7.63. The van der Waals surface area contributed by atoms with Crippen molar-refractivity contribution in [3.63, 3.8) is 0 Å². The maximum Gasteiger partial charge on any atom is 0.264 e. The van der Waals surface area contributed by atoms with Crippen LogP contribution in [0.5, 0.6) is 5.75 Å². The molecule has 0 aromatic heterocycles. The fraction of sp³-hybridized carbons (Fsp3) is 0.0435. The van der Waals surface area contributed by atoms with E-state index in [9.17, 15) is 4.79 Å². The minimum Gasteiger partial charge on any atom is -0.487 e. The molecule has 34 heavy (non-hydrogen) atoms. The molecule has 0 unspecified atom stereocenters. The summed E-state index contributed by atoms with van der Waals surface area (Å²) in [6, 6.07) is 14.3. The quantitative estimate of drug-likeness (QED) is 0.211. The molecule has 0 aliphatic carbocycles. The van der Waals surface area contributed by atoms with E-state index in [0.717, 1.165) is 19.2 Å². The molecule has 0 saturated carbocycles. The van der Waals surface area contributed by atoms with Crippen molar-refractivity contribution in [2.75, 3.05) is 0 Å². The number of hydrogen-bond acceptors (Lipinski definition) is 4. The third-order valence-corrected chi connectivity index (χ3v) is 8.34. The number of carbonyl (C=O) groups is 1. The molecule has 1 N–H and O–H groups in total. The molecule has 1 saturated heterocycles. The van der Waals surface area contributed by atoms with Crippen LogP contribution < -0.4 is 10.1 Å². The molecule has 0 atom stereocenters. The molecule has 3 aromatic rings. The molecule has 11 heteroatoms. The zero-order chi connectivity index (χ0) is 24.4. The van der Waals surface area contributed by atoms with Gasteiger partial charge in [0.05, 0.1) is 38.7 Å². The van der Waals surface area contributed by atoms with Crippen molar-refractivity contribution in [2.45, 2.75) is 6.61 Å². The van der Waals surface area contributed by atoms with Crippen molar-refractivity contribution in [3.8, 4) is 5.75 Å². The van der Waals surface area contributed by atoms with Crippen LogP contribution in [0.25, 0.3) is 6.08 Å². The van der Waals surface area contributed by atoms with Gasteiger partial charge in [-0.05, 0) is 104 Å². The van der Waals surface area contributed by atoms with Crippen molar-refractivity contribution in [3.05, 3.63) is 92.7 Å². The molecular weight excluding hydrogens is 717 g/mol. The van der Waals surface area contributed by atoms with Gasteiger partial charge < -0.3 is 10.1 Å². The van der Waals surface area contributed by atoms with Crippen LogP contribution in [0.2, 0.25) is 20.1 Å². The number of amides is 1. The van der Waals surface area contributed by atoms with Gasteiger partial charge in [-0.25, -0.2) is 4.99 Å². The standard InChI is InChI=1S/C23H12BrCl4IN2O2S/c24-13-6-12(8-17(29)21(13)33-10-11-4-5-14(25)16(27)7-11)9-19-22(32)31-23(34-19)30-18-3-1-2-15(26)20(18)28/h1-9H,10H2,(H,30,31,32)/b19-9-. The fourth-order valence-corrected chi connectivity index (χ4v) is 6.17. The summed E-state index contributed by atoms with van der Waals surface area (Å²) >= 11 is 31.3. The van der Waals surface area contributed by atoms with E-state index >= 15 is 0 Å². The van der Waals surface area contributed by atoms with Gasteiger partial charge in [0.1, 0.15) is 12.4 Å². The van der Waals surface area contributed by atoms with Crippen molar-refractivity contribution in [2.24, 2.45) is 4.99 Å². The zero-order valence-corrected chi connectivity index (χ0v) is 24.4. The average Bonchev–Trinajstić information content (AvgIpc) is 3.12. The van der Waals surface area contributed by atoms with E-state index in [0.29, 0.717) is 48.2 Å². The third-order valence-electron chi connectivity index (χ3n) is 4.49. The third kappa shape index (κ3) is 6.24. The Labute approximate surface area is 242 Å². The second-order valence-electron chi connectivity index (χ2n) is 6.91. The number of carbonyl (C=O) groups excluding carboxylic acids is 1. The van der Waals surface area contributed by atoms with Gasteiger partial charge in [-0.1, -0.05) is 58.5 Å². The number of rotatable bonds is 5. The van der Waals surface area contributed by atoms with E-state index in [-0.39, 0.29) is 5.91 Å². The summed E-state index contributed by atoms with van der Waals surface area (Å²) in [5.74, 6) is 0.447. The molecule has 1 fully saturated rings. The predicted molar refractivity (Wildman–Crippen MR) is 155 cm³/mol. The first-order valence-electron chi connectivity index (χ1n) is 9.50. The van der Waals surface area contributed by atoms with Gasteiger partial charge in [0.15, 0.2) is 5.17 Å². The van der Waals surface area contributed by atoms with Crippen LogP contribution in [-0.2, 0) is 11.4 Å². The Balaban J connectivity index is 1.51. The minimum absolute atomic E-state index is 0.243. The lowest BCUT2D eigenvalue weighted by Crippen LogP contribution is -2.19. The second-order valence-corrected chi connectivity index (χ2v) is 11.6. The minimum atomic E-state index is -0.243. The molecule has 0 bridgehead atoms. The molecule has 0 radical (unpaired) electrons. The zero-order valence-electron chi connectivity index (χ0n) is 16.8. The number of thioether (sulfide) groups is 1. The van der Waals surface area contributed by atoms with Crippen LogP contribution in [0.15, 0.2) is 62.9 Å². The Morgan fingerprint density at radius 2 is 1.85 bits per heavy atom. The van der Waals surface area contributed by atoms with Crippen LogP contribution in [-0.4, -0.2) is 11.1 Å². The normalized spacial score (nSPS) is 15.8. The lowest BCUT2D eigenvalue weighted by atomic mass is 10.2. The van der Waals surface area contributed by atoms with Crippen LogP contribution in [0.1, 0.15) is 11.1 Å². The van der Waals surface area contributed by atoms with E-state index in [1.54, 1.807) is 36.4 Å². The molecule has 0 spiro atoms. The smallest absolute Gasteiger partial charge is 0.264 e. The van der Waals surface area contributed by atoms with Crippen LogP contribution in [0.4, 0.5) is 5.69 Å². The molecule has 3 aromatic carbocycles. The fourth-order valence-electron chi connectivity index (χ4n) is 2.91. The second kappa shape index (κ2) is 11.4. The number of nitrogens with one attached hydrogen (secondary N) is 1. The number of ether oxygens (including phenoxy) is 1. The first-order valence-corrected chi connectivity index (χ1v) is 13.7. The number of halogens is 6. The van der Waals surface area contributed by atoms with E-state index in [1.165, 1.54) is 11.8 Å². The lowest BCUT2D eigenvalue weighted by Gasteiger charge is -2.12. The molecule has 1 aliphatic rings. The van der Waals surface area contributed by atoms with Crippen LogP contribution in [0, 0.1) is 3.57 Å². The van der Waals surface area contributed by atoms with Gasteiger partial charge >= 0.3 is 0 Å². The molecular formula is C23H12BrCl4IN2O2S. The van der Waals surface area contributed by atoms with Gasteiger partial charge in [0, 0.05) is 0 Å². The predicted octanol–water partition coefficient (Wildman–Crippen LogP) is 9.14. The highest BCUT2D eigenvalue weighted by Gasteiger charge is 2.24. The van der Waals surface area contributed by atoms with E-state index in [2.05, 4.69) is 48.8 Å². The highest BCUT2D eigenvalue weighted by atomic mass is 127. The molecule has 1 amide bonds. The Morgan fingerprint density at radius 3 is 2.59 bits per heavy atom. The average molecular weight is 729 g/mol.